The van der Waals surface area contributed by atoms with Crippen LogP contribution >= 0.6 is 0 Å². The normalized spacial score (nSPS) is 8.20. The Kier molecular flexibility index (Phi) is 7.75. The average molecular weight is 141 g/mol. The third-order valence-corrected chi connectivity index (χ3v) is 1.12. The molecule has 0 saturated heterocycles. The molecule has 0 heterocycles. The number of hydrogen-bond donors (Lipinski definition) is 1. The van der Waals surface area contributed by atoms with Crippen LogP contribution in [0.5, 0.6) is 0 Å². The van der Waals surface area contributed by atoms with E-state index in [9.17, 15) is 0 Å². The summed E-state index contributed by atoms with van der Waals surface area (Å²) >= 11 is 0. The summed E-state index contributed by atoms with van der Waals surface area (Å²) in [6.45, 7) is 3.28. The van der Waals surface area contributed by atoms with Crippen molar-refractivity contribution >= 4 is 0 Å². The monoisotopic (exact) mass is 141 g/mol. The average Bonchev–Trinajstić information content (AvgIpc) is 1.97. The molecule has 0 radical (unpaired) electrons. The standard InChI is InChI=1S/C8H15NO/c1-2-7-10-8-5-3-4-6-9/h3-6,8-9H2,1H3. The van der Waals surface area contributed by atoms with Crippen molar-refractivity contribution in [3.8, 4) is 12.0 Å². The van der Waals surface area contributed by atoms with Crippen LogP contribution < -0.4 is 5.73 Å². The van der Waals surface area contributed by atoms with E-state index in [-0.39, 0.29) is 0 Å². The summed E-state index contributed by atoms with van der Waals surface area (Å²) in [4.78, 5) is 0. The first kappa shape index (κ1) is 9.32. The maximum absolute atomic E-state index is 5.30. The van der Waals surface area contributed by atoms with Crippen LogP contribution in [0.3, 0.4) is 0 Å². The zero-order chi connectivity index (χ0) is 7.66. The van der Waals surface area contributed by atoms with Crippen LogP contribution in [0.15, 0.2) is 0 Å². The van der Waals surface area contributed by atoms with Crippen LogP contribution in [0.2, 0.25) is 0 Å². The van der Waals surface area contributed by atoms with Gasteiger partial charge >= 0.3 is 0 Å². The lowest BCUT2D eigenvalue weighted by Crippen LogP contribution is -1.98. The Bertz CT molecular complexity index is 112. The molecule has 0 saturated carbocycles. The van der Waals surface area contributed by atoms with Crippen LogP contribution in [0, 0.1) is 12.0 Å². The van der Waals surface area contributed by atoms with Gasteiger partial charge in [0.25, 0.3) is 0 Å². The summed E-state index contributed by atoms with van der Waals surface area (Å²) < 4.78 is 4.93. The number of unbranched alkanes of at least 4 members (excludes halogenated alkanes) is 2. The molecule has 0 aromatic rings. The van der Waals surface area contributed by atoms with Gasteiger partial charge in [0.1, 0.15) is 12.7 Å². The first-order valence-electron chi connectivity index (χ1n) is 3.65. The van der Waals surface area contributed by atoms with Crippen LogP contribution in [0.1, 0.15) is 26.2 Å². The third-order valence-electron chi connectivity index (χ3n) is 1.12. The molecule has 10 heavy (non-hydrogen) atoms. The van der Waals surface area contributed by atoms with Gasteiger partial charge < -0.3 is 10.5 Å². The van der Waals surface area contributed by atoms with Gasteiger partial charge in [0, 0.05) is 6.92 Å². The molecule has 58 valence electrons. The van der Waals surface area contributed by atoms with Gasteiger partial charge in [-0.05, 0) is 25.8 Å². The molecule has 0 fully saturated rings. The van der Waals surface area contributed by atoms with E-state index in [1.165, 1.54) is 0 Å². The van der Waals surface area contributed by atoms with Crippen molar-refractivity contribution in [1.82, 2.24) is 0 Å². The third kappa shape index (κ3) is 7.32. The number of hydrogen-bond acceptors (Lipinski definition) is 2. The summed E-state index contributed by atoms with van der Waals surface area (Å²) in [5, 5.41) is 0. The zero-order valence-corrected chi connectivity index (χ0v) is 6.52. The van der Waals surface area contributed by atoms with Crippen molar-refractivity contribution in [2.45, 2.75) is 26.2 Å². The molecule has 0 rings (SSSR count). The molecule has 0 aromatic heterocycles. The molecule has 0 aliphatic carbocycles. The fourth-order valence-electron chi connectivity index (χ4n) is 0.619. The molecule has 2 nitrogen and oxygen atoms in total. The molecular weight excluding hydrogens is 126 g/mol. The Morgan fingerprint density at radius 1 is 1.30 bits per heavy atom. The largest absolute Gasteiger partial charge is 0.447 e. The molecule has 0 amide bonds. The molecule has 0 unspecified atom stereocenters. The second-order valence-electron chi connectivity index (χ2n) is 2.05. The van der Waals surface area contributed by atoms with E-state index in [2.05, 4.69) is 12.0 Å². The summed E-state index contributed by atoms with van der Waals surface area (Å²) in [5.74, 6) is 2.66. The molecule has 2 heteroatoms. The maximum atomic E-state index is 5.30. The fraction of sp³-hybridized carbons (Fsp3) is 0.750. The van der Waals surface area contributed by atoms with Crippen LogP contribution in [0.4, 0.5) is 0 Å². The summed E-state index contributed by atoms with van der Waals surface area (Å²) in [6, 6.07) is 0. The van der Waals surface area contributed by atoms with Crippen molar-refractivity contribution in [2.75, 3.05) is 13.2 Å². The van der Waals surface area contributed by atoms with Crippen molar-refractivity contribution in [2.24, 2.45) is 5.73 Å². The van der Waals surface area contributed by atoms with Gasteiger partial charge in [-0.1, -0.05) is 5.92 Å². The topological polar surface area (TPSA) is 35.2 Å². The highest BCUT2D eigenvalue weighted by Crippen LogP contribution is 1.92. The van der Waals surface area contributed by atoms with Crippen LogP contribution in [-0.2, 0) is 4.74 Å². The molecular formula is C8H15NO. The van der Waals surface area contributed by atoms with E-state index in [1.54, 1.807) is 6.92 Å². The SMILES string of the molecule is CC#COCCCCCN. The minimum Gasteiger partial charge on any atom is -0.447 e. The lowest BCUT2D eigenvalue weighted by Gasteiger charge is -1.96. The smallest absolute Gasteiger partial charge is 0.109 e. The van der Waals surface area contributed by atoms with Crippen LogP contribution in [-0.4, -0.2) is 13.2 Å². The summed E-state index contributed by atoms with van der Waals surface area (Å²) in [6.07, 6.45) is 5.83. The fourth-order valence-corrected chi connectivity index (χ4v) is 0.619. The van der Waals surface area contributed by atoms with Crippen LogP contribution in [0.25, 0.3) is 0 Å². The first-order valence-corrected chi connectivity index (χ1v) is 3.65. The van der Waals surface area contributed by atoms with E-state index in [1.807, 2.05) is 0 Å². The lowest BCUT2D eigenvalue weighted by molar-refractivity contribution is 0.267. The Morgan fingerprint density at radius 3 is 2.70 bits per heavy atom. The molecule has 0 aliphatic heterocycles. The minimum absolute atomic E-state index is 0.737. The van der Waals surface area contributed by atoms with Crippen molar-refractivity contribution in [1.29, 1.82) is 0 Å². The highest BCUT2D eigenvalue weighted by atomic mass is 16.5. The quantitative estimate of drug-likeness (QED) is 0.460. The Labute approximate surface area is 62.7 Å². The predicted octanol–water partition coefficient (Wildman–Crippen LogP) is 1.11. The highest BCUT2D eigenvalue weighted by Gasteiger charge is 1.85. The van der Waals surface area contributed by atoms with Gasteiger partial charge in [0.2, 0.25) is 0 Å². The minimum atomic E-state index is 0.737. The Hall–Kier alpha value is -0.680. The van der Waals surface area contributed by atoms with Gasteiger partial charge in [0.15, 0.2) is 0 Å². The molecule has 0 aliphatic rings. The maximum Gasteiger partial charge on any atom is 0.109 e. The van der Waals surface area contributed by atoms with Gasteiger partial charge in [0.05, 0.1) is 0 Å². The van der Waals surface area contributed by atoms with Gasteiger partial charge in [-0.25, -0.2) is 0 Å². The summed E-state index contributed by atoms with van der Waals surface area (Å²) in [7, 11) is 0. The van der Waals surface area contributed by atoms with Gasteiger partial charge in [-0.3, -0.25) is 0 Å². The first-order chi connectivity index (χ1) is 4.91. The second kappa shape index (κ2) is 8.32. The lowest BCUT2D eigenvalue weighted by atomic mass is 10.2. The highest BCUT2D eigenvalue weighted by molar-refractivity contribution is 4.84. The van der Waals surface area contributed by atoms with Crippen molar-refractivity contribution < 1.29 is 4.74 Å². The second-order valence-corrected chi connectivity index (χ2v) is 2.05. The summed E-state index contributed by atoms with van der Waals surface area (Å²) in [5.41, 5.74) is 5.30. The van der Waals surface area contributed by atoms with E-state index in [4.69, 9.17) is 10.5 Å². The Balaban J connectivity index is 2.82. The van der Waals surface area contributed by atoms with E-state index in [0.717, 1.165) is 32.4 Å². The van der Waals surface area contributed by atoms with Gasteiger partial charge in [-0.2, -0.15) is 0 Å². The molecule has 0 aromatic carbocycles. The molecule has 0 spiro atoms. The van der Waals surface area contributed by atoms with Crippen molar-refractivity contribution in [3.63, 3.8) is 0 Å². The Morgan fingerprint density at radius 2 is 2.10 bits per heavy atom. The molecule has 0 atom stereocenters. The van der Waals surface area contributed by atoms with E-state index >= 15 is 0 Å². The van der Waals surface area contributed by atoms with Crippen molar-refractivity contribution in [3.05, 3.63) is 0 Å². The molecule has 0 bridgehead atoms. The number of ether oxygens (including phenoxy) is 1. The predicted molar refractivity (Wildman–Crippen MR) is 42.3 cm³/mol. The molecule has 2 N–H and O–H groups in total. The zero-order valence-electron chi connectivity index (χ0n) is 6.52. The van der Waals surface area contributed by atoms with E-state index in [0.29, 0.717) is 0 Å². The number of rotatable bonds is 5. The van der Waals surface area contributed by atoms with E-state index < -0.39 is 0 Å². The number of nitrogens with two attached hydrogens (primary N) is 1. The van der Waals surface area contributed by atoms with Gasteiger partial charge in [-0.15, -0.1) is 0 Å².